The summed E-state index contributed by atoms with van der Waals surface area (Å²) in [5.74, 6) is 2.45. The van der Waals surface area contributed by atoms with Crippen molar-refractivity contribution in [1.29, 1.82) is 0 Å². The van der Waals surface area contributed by atoms with Crippen molar-refractivity contribution in [3.8, 4) is 11.5 Å². The molecule has 6 heteroatoms. The third-order valence-electron chi connectivity index (χ3n) is 3.67. The van der Waals surface area contributed by atoms with Crippen molar-refractivity contribution in [2.75, 3.05) is 6.61 Å². The van der Waals surface area contributed by atoms with E-state index < -0.39 is 0 Å². The van der Waals surface area contributed by atoms with E-state index in [4.69, 9.17) is 18.7 Å². The van der Waals surface area contributed by atoms with Crippen LogP contribution in [0.25, 0.3) is 0 Å². The predicted octanol–water partition coefficient (Wildman–Crippen LogP) is 3.46. The van der Waals surface area contributed by atoms with Crippen molar-refractivity contribution in [1.82, 2.24) is 10.1 Å². The highest BCUT2D eigenvalue weighted by Gasteiger charge is 2.32. The number of benzene rings is 1. The van der Waals surface area contributed by atoms with Gasteiger partial charge in [-0.15, -0.1) is 0 Å². The first-order valence-corrected chi connectivity index (χ1v) is 7.86. The molecule has 1 aliphatic rings. The van der Waals surface area contributed by atoms with Crippen LogP contribution in [0.2, 0.25) is 0 Å². The average molecular weight is 318 g/mol. The van der Waals surface area contributed by atoms with Gasteiger partial charge in [-0.25, -0.2) is 0 Å². The van der Waals surface area contributed by atoms with Gasteiger partial charge in [-0.3, -0.25) is 0 Å². The number of hydrogen-bond donors (Lipinski definition) is 0. The second kappa shape index (κ2) is 6.20. The fourth-order valence-electron chi connectivity index (χ4n) is 2.66. The van der Waals surface area contributed by atoms with E-state index in [0.717, 1.165) is 17.7 Å². The number of fused-ring (bicyclic) bond motifs is 1. The molecule has 2 aromatic rings. The highest BCUT2D eigenvalue weighted by Crippen LogP contribution is 2.41. The molecule has 3 rings (SSSR count). The second-order valence-electron chi connectivity index (χ2n) is 6.22. The summed E-state index contributed by atoms with van der Waals surface area (Å²) in [6.45, 7) is 8.75. The van der Waals surface area contributed by atoms with Gasteiger partial charge in [0.15, 0.2) is 23.9 Å². The molecule has 0 saturated heterocycles. The third-order valence-corrected chi connectivity index (χ3v) is 3.67. The summed E-state index contributed by atoms with van der Waals surface area (Å²) in [5.41, 5.74) is 0.954. The Morgan fingerprint density at radius 3 is 2.96 bits per heavy atom. The van der Waals surface area contributed by atoms with Gasteiger partial charge < -0.3 is 18.7 Å². The van der Waals surface area contributed by atoms with E-state index in [1.54, 1.807) is 0 Å². The maximum absolute atomic E-state index is 5.98. The monoisotopic (exact) mass is 318 g/mol. The standard InChI is InChI=1S/C17H22N2O4/c1-5-20-11(2)16-18-14(23-19-16)10-21-13-8-6-7-12-9-17(3,4)22-15(12)13/h6-8,11H,5,9-10H2,1-4H3. The van der Waals surface area contributed by atoms with Crippen molar-refractivity contribution in [3.05, 3.63) is 35.5 Å². The van der Waals surface area contributed by atoms with E-state index in [0.29, 0.717) is 24.1 Å². The van der Waals surface area contributed by atoms with Crippen molar-refractivity contribution in [2.24, 2.45) is 0 Å². The highest BCUT2D eigenvalue weighted by molar-refractivity contribution is 5.50. The number of rotatable bonds is 6. The van der Waals surface area contributed by atoms with Gasteiger partial charge in [0.1, 0.15) is 11.7 Å². The largest absolute Gasteiger partial charge is 0.483 e. The number of hydrogen-bond acceptors (Lipinski definition) is 6. The van der Waals surface area contributed by atoms with Gasteiger partial charge in [0.2, 0.25) is 0 Å². The molecular formula is C17H22N2O4. The topological polar surface area (TPSA) is 66.6 Å². The first kappa shape index (κ1) is 15.8. The minimum absolute atomic E-state index is 0.192. The Labute approximate surface area is 135 Å². The smallest absolute Gasteiger partial charge is 0.264 e. The first-order valence-electron chi connectivity index (χ1n) is 7.86. The normalized spacial score (nSPS) is 16.7. The molecule has 0 fully saturated rings. The molecule has 2 heterocycles. The highest BCUT2D eigenvalue weighted by atomic mass is 16.5. The van der Waals surface area contributed by atoms with E-state index in [2.05, 4.69) is 30.1 Å². The predicted molar refractivity (Wildman–Crippen MR) is 83.5 cm³/mol. The van der Waals surface area contributed by atoms with E-state index >= 15 is 0 Å². The van der Waals surface area contributed by atoms with E-state index in [1.165, 1.54) is 0 Å². The number of para-hydroxylation sites is 1. The van der Waals surface area contributed by atoms with Crippen LogP contribution >= 0.6 is 0 Å². The van der Waals surface area contributed by atoms with Gasteiger partial charge in [0.25, 0.3) is 5.89 Å². The summed E-state index contributed by atoms with van der Waals surface area (Å²) in [6.07, 6.45) is 0.679. The minimum atomic E-state index is -0.202. The lowest BCUT2D eigenvalue weighted by Gasteiger charge is -2.18. The molecule has 0 radical (unpaired) electrons. The van der Waals surface area contributed by atoms with E-state index in [1.807, 2.05) is 26.0 Å². The Morgan fingerprint density at radius 1 is 1.35 bits per heavy atom. The van der Waals surface area contributed by atoms with Crippen molar-refractivity contribution >= 4 is 0 Å². The van der Waals surface area contributed by atoms with Gasteiger partial charge in [-0.1, -0.05) is 17.3 Å². The molecule has 1 aromatic carbocycles. The van der Waals surface area contributed by atoms with Gasteiger partial charge in [0.05, 0.1) is 0 Å². The summed E-state index contributed by atoms with van der Waals surface area (Å²) in [5, 5.41) is 3.92. The van der Waals surface area contributed by atoms with Crippen LogP contribution in [0.1, 0.15) is 51.1 Å². The Hall–Kier alpha value is -2.08. The molecule has 0 bridgehead atoms. The number of ether oxygens (including phenoxy) is 3. The maximum atomic E-state index is 5.98. The minimum Gasteiger partial charge on any atom is -0.483 e. The van der Waals surface area contributed by atoms with Gasteiger partial charge in [-0.2, -0.15) is 4.98 Å². The van der Waals surface area contributed by atoms with Gasteiger partial charge in [-0.05, 0) is 33.8 Å². The Kier molecular flexibility index (Phi) is 4.26. The van der Waals surface area contributed by atoms with Gasteiger partial charge >= 0.3 is 0 Å². The molecule has 0 aliphatic carbocycles. The summed E-state index contributed by atoms with van der Waals surface area (Å²) in [4.78, 5) is 4.30. The lowest BCUT2D eigenvalue weighted by Crippen LogP contribution is -2.24. The van der Waals surface area contributed by atoms with Crippen molar-refractivity contribution < 1.29 is 18.7 Å². The fraction of sp³-hybridized carbons (Fsp3) is 0.529. The van der Waals surface area contributed by atoms with Crippen molar-refractivity contribution in [2.45, 2.75) is 52.4 Å². The summed E-state index contributed by atoms with van der Waals surface area (Å²) < 4.78 is 22.4. The molecule has 0 N–H and O–H groups in total. The number of aromatic nitrogens is 2. The lowest BCUT2D eigenvalue weighted by atomic mass is 10.0. The van der Waals surface area contributed by atoms with Crippen LogP contribution in [0.5, 0.6) is 11.5 Å². The molecule has 6 nitrogen and oxygen atoms in total. The van der Waals surface area contributed by atoms with Crippen molar-refractivity contribution in [3.63, 3.8) is 0 Å². The van der Waals surface area contributed by atoms with Crippen LogP contribution in [0.4, 0.5) is 0 Å². The third kappa shape index (κ3) is 3.47. The molecule has 1 unspecified atom stereocenters. The molecule has 0 spiro atoms. The molecule has 0 amide bonds. The fourth-order valence-corrected chi connectivity index (χ4v) is 2.66. The zero-order valence-electron chi connectivity index (χ0n) is 14.0. The molecule has 1 aliphatic heterocycles. The molecule has 0 saturated carbocycles. The Bertz CT molecular complexity index is 681. The number of nitrogens with zero attached hydrogens (tertiary/aromatic N) is 2. The van der Waals surface area contributed by atoms with Crippen LogP contribution in [-0.2, 0) is 17.8 Å². The molecular weight excluding hydrogens is 296 g/mol. The first-order chi connectivity index (χ1) is 11.0. The molecule has 124 valence electrons. The zero-order chi connectivity index (χ0) is 16.4. The molecule has 1 atom stereocenters. The van der Waals surface area contributed by atoms with Gasteiger partial charge in [0, 0.05) is 18.6 Å². The van der Waals surface area contributed by atoms with Crippen LogP contribution in [-0.4, -0.2) is 22.3 Å². The van der Waals surface area contributed by atoms with Crippen LogP contribution < -0.4 is 9.47 Å². The summed E-state index contributed by atoms with van der Waals surface area (Å²) >= 11 is 0. The second-order valence-corrected chi connectivity index (χ2v) is 6.22. The molecule has 1 aromatic heterocycles. The Morgan fingerprint density at radius 2 is 2.17 bits per heavy atom. The summed E-state index contributed by atoms with van der Waals surface area (Å²) in [6, 6.07) is 5.92. The molecule has 23 heavy (non-hydrogen) atoms. The maximum Gasteiger partial charge on any atom is 0.264 e. The lowest BCUT2D eigenvalue weighted by molar-refractivity contribution is 0.0683. The van der Waals surface area contributed by atoms with Crippen LogP contribution in [0.15, 0.2) is 22.7 Å². The average Bonchev–Trinajstić information content (AvgIpc) is 3.08. The Balaban J connectivity index is 1.67. The van der Waals surface area contributed by atoms with E-state index in [-0.39, 0.29) is 18.3 Å². The van der Waals surface area contributed by atoms with E-state index in [9.17, 15) is 0 Å². The summed E-state index contributed by atoms with van der Waals surface area (Å²) in [7, 11) is 0. The van der Waals surface area contributed by atoms with Crippen LogP contribution in [0, 0.1) is 0 Å². The SMILES string of the molecule is CCOC(C)c1noc(COc2cccc3c2OC(C)(C)C3)n1. The quantitative estimate of drug-likeness (QED) is 0.812. The zero-order valence-corrected chi connectivity index (χ0v) is 14.0. The van der Waals surface area contributed by atoms with Crippen LogP contribution in [0.3, 0.4) is 0 Å².